The normalized spacial score (nSPS) is 28.1. The van der Waals surface area contributed by atoms with E-state index in [2.05, 4.69) is 9.97 Å². The van der Waals surface area contributed by atoms with Crippen molar-refractivity contribution in [2.24, 2.45) is 0 Å². The molecule has 10 heteroatoms. The van der Waals surface area contributed by atoms with Gasteiger partial charge in [0.25, 0.3) is 0 Å². The molecule has 3 rings (SSSR count). The number of aliphatic hydroxyl groups is 3. The fraction of sp³-hybridized carbons (Fsp3) is 0.417. The summed E-state index contributed by atoms with van der Waals surface area (Å²) in [7, 11) is 0. The van der Waals surface area contributed by atoms with Gasteiger partial charge < -0.3 is 31.5 Å². The first-order valence-corrected chi connectivity index (χ1v) is 6.43. The van der Waals surface area contributed by atoms with Crippen LogP contribution < -0.4 is 11.5 Å². The molecule has 0 unspecified atom stereocenters. The standard InChI is InChI=1S/C12H14N6O4/c13-1-4-6-9(14)16-3-17-11(6)18(10(4)15)12-8(21)7(20)5(2-19)22-12/h3,5,7-8,12,19-21H,2,15H2,(H2,14,16,17)/t5-,7+,8+,12+/m0/s1. The van der Waals surface area contributed by atoms with Crippen LogP contribution >= 0.6 is 0 Å². The first kappa shape index (κ1) is 14.5. The first-order chi connectivity index (χ1) is 10.5. The monoisotopic (exact) mass is 306 g/mol. The van der Waals surface area contributed by atoms with Crippen LogP contribution in [0.15, 0.2) is 6.33 Å². The van der Waals surface area contributed by atoms with E-state index in [4.69, 9.17) is 21.3 Å². The van der Waals surface area contributed by atoms with Gasteiger partial charge in [0.05, 0.1) is 12.0 Å². The van der Waals surface area contributed by atoms with E-state index >= 15 is 0 Å². The van der Waals surface area contributed by atoms with Crippen LogP contribution in [0.4, 0.5) is 11.6 Å². The average molecular weight is 306 g/mol. The van der Waals surface area contributed by atoms with Gasteiger partial charge in [-0.05, 0) is 0 Å². The molecule has 0 spiro atoms. The van der Waals surface area contributed by atoms with Crippen LogP contribution in [0.1, 0.15) is 11.8 Å². The molecule has 1 aliphatic heterocycles. The second-order valence-electron chi connectivity index (χ2n) is 4.93. The lowest BCUT2D eigenvalue weighted by Gasteiger charge is -2.18. The number of anilines is 2. The largest absolute Gasteiger partial charge is 0.394 e. The fourth-order valence-electron chi connectivity index (χ4n) is 2.64. The summed E-state index contributed by atoms with van der Waals surface area (Å²) in [6.07, 6.45) is -3.53. The van der Waals surface area contributed by atoms with Gasteiger partial charge in [-0.1, -0.05) is 0 Å². The van der Waals surface area contributed by atoms with Crippen molar-refractivity contribution in [3.63, 3.8) is 0 Å². The highest BCUT2D eigenvalue weighted by Crippen LogP contribution is 2.38. The lowest BCUT2D eigenvalue weighted by atomic mass is 10.1. The van der Waals surface area contributed by atoms with Crippen molar-refractivity contribution in [3.05, 3.63) is 11.9 Å². The molecule has 3 heterocycles. The third kappa shape index (κ3) is 1.81. The summed E-state index contributed by atoms with van der Waals surface area (Å²) >= 11 is 0. The van der Waals surface area contributed by atoms with Crippen molar-refractivity contribution in [1.82, 2.24) is 14.5 Å². The Morgan fingerprint density at radius 3 is 2.64 bits per heavy atom. The molecule has 2 aromatic heterocycles. The van der Waals surface area contributed by atoms with E-state index in [0.29, 0.717) is 0 Å². The van der Waals surface area contributed by atoms with E-state index < -0.39 is 31.1 Å². The van der Waals surface area contributed by atoms with Gasteiger partial charge in [0.2, 0.25) is 0 Å². The molecule has 2 aromatic rings. The van der Waals surface area contributed by atoms with Crippen molar-refractivity contribution in [1.29, 1.82) is 5.26 Å². The summed E-state index contributed by atoms with van der Waals surface area (Å²) in [5, 5.41) is 38.7. The van der Waals surface area contributed by atoms with Gasteiger partial charge in [-0.3, -0.25) is 4.57 Å². The summed E-state index contributed by atoms with van der Waals surface area (Å²) in [5.41, 5.74) is 12.0. The van der Waals surface area contributed by atoms with Crippen molar-refractivity contribution < 1.29 is 20.1 Å². The fourth-order valence-corrected chi connectivity index (χ4v) is 2.64. The minimum Gasteiger partial charge on any atom is -0.394 e. The number of aromatic nitrogens is 3. The number of nitrogens with zero attached hydrogens (tertiary/aromatic N) is 4. The first-order valence-electron chi connectivity index (χ1n) is 6.43. The summed E-state index contributed by atoms with van der Waals surface area (Å²) in [6.45, 7) is -0.476. The van der Waals surface area contributed by atoms with Crippen LogP contribution in [0.25, 0.3) is 11.0 Å². The van der Waals surface area contributed by atoms with Gasteiger partial charge in [0.1, 0.15) is 47.9 Å². The number of nitriles is 1. The van der Waals surface area contributed by atoms with Gasteiger partial charge >= 0.3 is 0 Å². The van der Waals surface area contributed by atoms with Crippen LogP contribution in [0.3, 0.4) is 0 Å². The predicted octanol–water partition coefficient (Wildman–Crippen LogP) is -1.92. The Balaban J connectivity index is 2.23. The molecule has 1 saturated heterocycles. The van der Waals surface area contributed by atoms with Crippen molar-refractivity contribution in [2.75, 3.05) is 18.1 Å². The van der Waals surface area contributed by atoms with Crippen molar-refractivity contribution in [3.8, 4) is 6.07 Å². The molecule has 0 radical (unpaired) electrons. The summed E-state index contributed by atoms with van der Waals surface area (Å²) in [6, 6.07) is 1.92. The molecule has 0 aliphatic carbocycles. The average Bonchev–Trinajstić information content (AvgIpc) is 2.95. The zero-order valence-corrected chi connectivity index (χ0v) is 11.3. The van der Waals surface area contributed by atoms with Crippen molar-refractivity contribution >= 4 is 22.7 Å². The second kappa shape index (κ2) is 5.08. The minimum atomic E-state index is -1.35. The molecule has 1 aliphatic rings. The Bertz CT molecular complexity index is 769. The lowest BCUT2D eigenvalue weighted by Crippen LogP contribution is -2.33. The Morgan fingerprint density at radius 1 is 1.32 bits per heavy atom. The zero-order valence-electron chi connectivity index (χ0n) is 11.3. The van der Waals surface area contributed by atoms with Crippen LogP contribution in [0.2, 0.25) is 0 Å². The third-order valence-corrected chi connectivity index (χ3v) is 3.73. The number of ether oxygens (including phenoxy) is 1. The molecule has 0 saturated carbocycles. The molecule has 7 N–H and O–H groups in total. The molecular weight excluding hydrogens is 292 g/mol. The Labute approximate surface area is 124 Å². The number of nitrogen functional groups attached to an aromatic ring is 2. The highest BCUT2D eigenvalue weighted by Gasteiger charge is 2.45. The highest BCUT2D eigenvalue weighted by molar-refractivity contribution is 5.96. The number of aliphatic hydroxyl groups excluding tert-OH is 3. The topological polar surface area (TPSA) is 176 Å². The SMILES string of the molecule is N#Cc1c(N)n([C@@H]2O[C@@H](CO)[C@@H](O)[C@H]2O)c2ncnc(N)c12. The van der Waals surface area contributed by atoms with E-state index in [1.54, 1.807) is 0 Å². The Morgan fingerprint density at radius 2 is 2.05 bits per heavy atom. The number of rotatable bonds is 2. The Hall–Kier alpha value is -2.45. The molecule has 1 fully saturated rings. The molecule has 0 aromatic carbocycles. The van der Waals surface area contributed by atoms with Gasteiger partial charge in [-0.25, -0.2) is 9.97 Å². The molecule has 116 valence electrons. The van der Waals surface area contributed by atoms with Crippen molar-refractivity contribution in [2.45, 2.75) is 24.5 Å². The van der Waals surface area contributed by atoms with E-state index in [1.165, 1.54) is 10.9 Å². The van der Waals surface area contributed by atoms with E-state index in [0.717, 1.165) is 0 Å². The van der Waals surface area contributed by atoms with E-state index in [1.807, 2.05) is 6.07 Å². The maximum atomic E-state index is 10.1. The summed E-state index contributed by atoms with van der Waals surface area (Å²) in [4.78, 5) is 7.85. The summed E-state index contributed by atoms with van der Waals surface area (Å²) < 4.78 is 6.70. The molecule has 22 heavy (non-hydrogen) atoms. The van der Waals surface area contributed by atoms with Crippen LogP contribution in [0, 0.1) is 11.3 Å². The van der Waals surface area contributed by atoms with Gasteiger partial charge in [-0.15, -0.1) is 0 Å². The highest BCUT2D eigenvalue weighted by atomic mass is 16.6. The minimum absolute atomic E-state index is 0.0143. The zero-order chi connectivity index (χ0) is 16.0. The smallest absolute Gasteiger partial charge is 0.166 e. The molecular formula is C12H14N6O4. The molecule has 4 atom stereocenters. The van der Waals surface area contributed by atoms with Gasteiger partial charge in [0, 0.05) is 0 Å². The maximum absolute atomic E-state index is 10.1. The molecule has 10 nitrogen and oxygen atoms in total. The number of hydrogen-bond acceptors (Lipinski definition) is 9. The second-order valence-corrected chi connectivity index (χ2v) is 4.93. The molecule has 0 bridgehead atoms. The Kier molecular flexibility index (Phi) is 3.34. The third-order valence-electron chi connectivity index (χ3n) is 3.73. The van der Waals surface area contributed by atoms with Gasteiger partial charge in [0.15, 0.2) is 11.9 Å². The predicted molar refractivity (Wildman–Crippen MR) is 74.1 cm³/mol. The lowest BCUT2D eigenvalue weighted by molar-refractivity contribution is -0.0499. The van der Waals surface area contributed by atoms with Crippen LogP contribution in [-0.4, -0.2) is 54.8 Å². The summed E-state index contributed by atoms with van der Waals surface area (Å²) in [5.74, 6) is 0.0540. The number of hydrogen-bond donors (Lipinski definition) is 5. The van der Waals surface area contributed by atoms with Crippen LogP contribution in [-0.2, 0) is 4.74 Å². The van der Waals surface area contributed by atoms with Crippen LogP contribution in [0.5, 0.6) is 0 Å². The molecule has 0 amide bonds. The van der Waals surface area contributed by atoms with Gasteiger partial charge in [-0.2, -0.15) is 5.26 Å². The van der Waals surface area contributed by atoms with E-state index in [-0.39, 0.29) is 28.2 Å². The quantitative estimate of drug-likeness (QED) is 0.423. The number of nitrogens with two attached hydrogens (primary N) is 2. The number of fused-ring (bicyclic) bond motifs is 1. The maximum Gasteiger partial charge on any atom is 0.166 e. The van der Waals surface area contributed by atoms with E-state index in [9.17, 15) is 15.5 Å².